The van der Waals surface area contributed by atoms with E-state index in [-0.39, 0.29) is 23.8 Å². The minimum Gasteiger partial charge on any atom is -0.490 e. The highest BCUT2D eigenvalue weighted by atomic mass is 35.5. The van der Waals surface area contributed by atoms with Crippen LogP contribution in [0, 0.1) is 11.3 Å². The fourth-order valence-electron chi connectivity index (χ4n) is 5.09. The number of carbonyl (C=O) groups is 1. The van der Waals surface area contributed by atoms with E-state index in [9.17, 15) is 10.1 Å². The van der Waals surface area contributed by atoms with Gasteiger partial charge in [0.15, 0.2) is 17.6 Å². The molecule has 0 saturated heterocycles. The van der Waals surface area contributed by atoms with Crippen molar-refractivity contribution in [3.05, 3.63) is 124 Å². The minimum absolute atomic E-state index is 0.0398. The number of ether oxygens (including phenoxy) is 5. The number of esters is 1. The van der Waals surface area contributed by atoms with E-state index in [1.54, 1.807) is 31.2 Å². The average molecular weight is 639 g/mol. The summed E-state index contributed by atoms with van der Waals surface area (Å²) in [5.41, 5.74) is 9.92. The van der Waals surface area contributed by atoms with E-state index in [2.05, 4.69) is 19.9 Å². The maximum Gasteiger partial charge on any atom is 0.352 e. The van der Waals surface area contributed by atoms with Crippen molar-refractivity contribution in [3.8, 4) is 34.8 Å². The second kappa shape index (κ2) is 14.3. The lowest BCUT2D eigenvalue weighted by Gasteiger charge is -2.27. The lowest BCUT2D eigenvalue weighted by atomic mass is 9.83. The van der Waals surface area contributed by atoms with Gasteiger partial charge in [0.2, 0.25) is 5.88 Å². The van der Waals surface area contributed by atoms with Gasteiger partial charge in [-0.2, -0.15) is 5.26 Å². The highest BCUT2D eigenvalue weighted by Crippen LogP contribution is 2.45. The molecule has 4 aromatic carbocycles. The van der Waals surface area contributed by atoms with Gasteiger partial charge in [0, 0.05) is 22.2 Å². The quantitative estimate of drug-likeness (QED) is 0.130. The molecule has 0 fully saturated rings. The molecule has 1 aliphatic heterocycles. The van der Waals surface area contributed by atoms with E-state index in [0.717, 1.165) is 11.1 Å². The largest absolute Gasteiger partial charge is 0.490 e. The molecular weight excluding hydrogens is 604 g/mol. The van der Waals surface area contributed by atoms with Gasteiger partial charge < -0.3 is 29.4 Å². The number of nitrogens with zero attached hydrogens (tertiary/aromatic N) is 1. The van der Waals surface area contributed by atoms with Crippen molar-refractivity contribution in [2.24, 2.45) is 5.73 Å². The van der Waals surface area contributed by atoms with Gasteiger partial charge in [0.1, 0.15) is 35.5 Å². The molecule has 236 valence electrons. The maximum absolute atomic E-state index is 12.9. The molecule has 0 radical (unpaired) electrons. The van der Waals surface area contributed by atoms with Crippen LogP contribution in [0.2, 0.25) is 5.02 Å². The van der Waals surface area contributed by atoms with Crippen LogP contribution in [0.4, 0.5) is 0 Å². The molecule has 4 aromatic rings. The Morgan fingerprint density at radius 3 is 2.39 bits per heavy atom. The summed E-state index contributed by atoms with van der Waals surface area (Å²) in [6.45, 7) is 8.38. The van der Waals surface area contributed by atoms with Crippen molar-refractivity contribution >= 4 is 17.6 Å². The summed E-state index contributed by atoms with van der Waals surface area (Å²) >= 11 is 6.31. The number of rotatable bonds is 11. The molecule has 0 aromatic heterocycles. The third-order valence-electron chi connectivity index (χ3n) is 7.54. The molecule has 0 aliphatic carbocycles. The van der Waals surface area contributed by atoms with Crippen LogP contribution in [-0.2, 0) is 11.4 Å². The third kappa shape index (κ3) is 7.22. The van der Waals surface area contributed by atoms with Gasteiger partial charge in [-0.1, -0.05) is 67.9 Å². The maximum atomic E-state index is 12.9. The summed E-state index contributed by atoms with van der Waals surface area (Å²) in [6.07, 6.45) is -0.861. The molecule has 5 rings (SSSR count). The zero-order chi connectivity index (χ0) is 32.8. The number of benzene rings is 4. The number of halogens is 1. The van der Waals surface area contributed by atoms with Crippen LogP contribution in [0.3, 0.4) is 0 Å². The van der Waals surface area contributed by atoms with E-state index in [4.69, 9.17) is 41.0 Å². The number of nitrogens with two attached hydrogens (primary N) is 1. The van der Waals surface area contributed by atoms with Crippen LogP contribution in [0.25, 0.3) is 0 Å². The molecule has 2 atom stereocenters. The van der Waals surface area contributed by atoms with Gasteiger partial charge in [0.25, 0.3) is 0 Å². The Hall–Kier alpha value is -5.13. The molecule has 9 heteroatoms. The number of carbonyl (C=O) groups excluding carboxylic acids is 1. The Morgan fingerprint density at radius 1 is 0.957 bits per heavy atom. The van der Waals surface area contributed by atoms with E-state index >= 15 is 0 Å². The fourth-order valence-corrected chi connectivity index (χ4v) is 5.28. The lowest BCUT2D eigenvalue weighted by Crippen LogP contribution is -2.28. The zero-order valence-electron chi connectivity index (χ0n) is 26.1. The van der Waals surface area contributed by atoms with Crippen LogP contribution < -0.4 is 29.4 Å². The van der Waals surface area contributed by atoms with Crippen LogP contribution in [-0.4, -0.2) is 18.7 Å². The first-order chi connectivity index (χ1) is 22.2. The normalized spacial score (nSPS) is 14.5. The van der Waals surface area contributed by atoms with Gasteiger partial charge in [0.05, 0.1) is 12.5 Å². The summed E-state index contributed by atoms with van der Waals surface area (Å²) in [5.74, 6) is 1.43. The van der Waals surface area contributed by atoms with Crippen LogP contribution in [0.15, 0.2) is 96.4 Å². The average Bonchev–Trinajstić information content (AvgIpc) is 3.04. The number of fused-ring (bicyclic) bond motifs is 1. The number of nitriles is 1. The second-order valence-corrected chi connectivity index (χ2v) is 11.5. The standard InChI is InChI=1S/C37H35ClN2O6/c1-5-42-34-18-25(12-17-32(34)43-21-26-8-6-7-9-31(26)38)35-29-16-15-28(19-33(29)46-36(40)30(35)20-39)45-37(41)23(4)44-27-13-10-24(11-14-27)22(2)3/h6-19,22-23,35H,5,21,40H2,1-4H3. The molecule has 2 unspecified atom stereocenters. The van der Waals surface area contributed by atoms with Crippen molar-refractivity contribution in [2.75, 3.05) is 6.61 Å². The van der Waals surface area contributed by atoms with Crippen molar-refractivity contribution in [2.45, 2.75) is 52.2 Å². The molecule has 0 amide bonds. The summed E-state index contributed by atoms with van der Waals surface area (Å²) in [7, 11) is 0. The minimum atomic E-state index is -0.861. The van der Waals surface area contributed by atoms with E-state index < -0.39 is 18.0 Å². The molecule has 46 heavy (non-hydrogen) atoms. The Morgan fingerprint density at radius 2 is 1.70 bits per heavy atom. The molecule has 2 N–H and O–H groups in total. The SMILES string of the molecule is CCOc1cc(C2C(C#N)=C(N)Oc3cc(OC(=O)C(C)Oc4ccc(C(C)C)cc4)ccc32)ccc1OCc1ccccc1Cl. The molecular formula is C37H35ClN2O6. The highest BCUT2D eigenvalue weighted by molar-refractivity contribution is 6.31. The van der Waals surface area contributed by atoms with Crippen LogP contribution >= 0.6 is 11.6 Å². The Kier molecular flexibility index (Phi) is 10.0. The highest BCUT2D eigenvalue weighted by Gasteiger charge is 2.32. The predicted octanol–water partition coefficient (Wildman–Crippen LogP) is 8.03. The molecule has 1 aliphatic rings. The summed E-state index contributed by atoms with van der Waals surface area (Å²) in [5, 5.41) is 10.7. The summed E-state index contributed by atoms with van der Waals surface area (Å²) in [6, 6.07) is 27.7. The van der Waals surface area contributed by atoms with Crippen LogP contribution in [0.1, 0.15) is 61.8 Å². The number of allylic oxidation sites excluding steroid dienone is 1. The van der Waals surface area contributed by atoms with Crippen molar-refractivity contribution in [1.82, 2.24) is 0 Å². The molecule has 0 bridgehead atoms. The summed E-state index contributed by atoms with van der Waals surface area (Å²) in [4.78, 5) is 12.9. The third-order valence-corrected chi connectivity index (χ3v) is 7.91. The second-order valence-electron chi connectivity index (χ2n) is 11.0. The van der Waals surface area contributed by atoms with E-state index in [0.29, 0.717) is 46.1 Å². The first kappa shape index (κ1) is 32.3. The van der Waals surface area contributed by atoms with E-state index in [1.165, 1.54) is 5.56 Å². The van der Waals surface area contributed by atoms with E-state index in [1.807, 2.05) is 67.6 Å². The molecule has 0 saturated carbocycles. The van der Waals surface area contributed by atoms with Crippen molar-refractivity contribution in [3.63, 3.8) is 0 Å². The first-order valence-electron chi connectivity index (χ1n) is 15.0. The molecule has 1 heterocycles. The molecule has 8 nitrogen and oxygen atoms in total. The lowest BCUT2D eigenvalue weighted by molar-refractivity contribution is -0.141. The van der Waals surface area contributed by atoms with Crippen LogP contribution in [0.5, 0.6) is 28.7 Å². The number of hydrogen-bond acceptors (Lipinski definition) is 8. The Bertz CT molecular complexity index is 1790. The van der Waals surface area contributed by atoms with Crippen molar-refractivity contribution < 1.29 is 28.5 Å². The van der Waals surface area contributed by atoms with Gasteiger partial charge in [-0.05, 0) is 67.3 Å². The topological polar surface area (TPSA) is 113 Å². The first-order valence-corrected chi connectivity index (χ1v) is 15.4. The number of hydrogen-bond donors (Lipinski definition) is 1. The monoisotopic (exact) mass is 638 g/mol. The van der Waals surface area contributed by atoms with Gasteiger partial charge in [-0.15, -0.1) is 0 Å². The Balaban J connectivity index is 1.36. The van der Waals surface area contributed by atoms with Gasteiger partial charge in [-0.25, -0.2) is 4.79 Å². The Labute approximate surface area is 273 Å². The smallest absolute Gasteiger partial charge is 0.352 e. The zero-order valence-corrected chi connectivity index (χ0v) is 26.8. The fraction of sp³-hybridized carbons (Fsp3) is 0.243. The van der Waals surface area contributed by atoms with Gasteiger partial charge in [-0.3, -0.25) is 0 Å². The molecule has 0 spiro atoms. The van der Waals surface area contributed by atoms with Gasteiger partial charge >= 0.3 is 5.97 Å². The summed E-state index contributed by atoms with van der Waals surface area (Å²) < 4.78 is 29.3. The van der Waals surface area contributed by atoms with Crippen molar-refractivity contribution in [1.29, 1.82) is 5.26 Å². The predicted molar refractivity (Wildman–Crippen MR) is 175 cm³/mol.